The number of aryl methyl sites for hydroxylation is 1. The van der Waals surface area contributed by atoms with E-state index in [9.17, 15) is 4.79 Å². The molecule has 5 nitrogen and oxygen atoms in total. The molecule has 1 aromatic heterocycles. The molecule has 0 saturated carbocycles. The van der Waals surface area contributed by atoms with Crippen LogP contribution in [-0.2, 0) is 20.7 Å². The molecule has 0 bridgehead atoms. The number of thiazole rings is 1. The highest BCUT2D eigenvalue weighted by molar-refractivity contribution is 7.15. The van der Waals surface area contributed by atoms with Crippen LogP contribution < -0.4 is 4.90 Å². The van der Waals surface area contributed by atoms with Crippen LogP contribution >= 0.6 is 11.3 Å². The average Bonchev–Trinajstić information content (AvgIpc) is 3.07. The number of ether oxygens (including phenoxy) is 2. The van der Waals surface area contributed by atoms with E-state index in [1.807, 2.05) is 6.92 Å². The van der Waals surface area contributed by atoms with Crippen molar-refractivity contribution in [3.05, 3.63) is 10.6 Å². The Morgan fingerprint density at radius 3 is 2.81 bits per heavy atom. The summed E-state index contributed by atoms with van der Waals surface area (Å²) in [6, 6.07) is 0. The number of rotatable bonds is 4. The van der Waals surface area contributed by atoms with Gasteiger partial charge in [0, 0.05) is 25.1 Å². The largest absolute Gasteiger partial charge is 0.465 e. The van der Waals surface area contributed by atoms with Crippen molar-refractivity contribution >= 4 is 22.4 Å². The van der Waals surface area contributed by atoms with E-state index in [1.165, 1.54) is 4.88 Å². The lowest BCUT2D eigenvalue weighted by Gasteiger charge is -2.30. The van der Waals surface area contributed by atoms with Crippen LogP contribution in [-0.4, -0.2) is 43.9 Å². The molecule has 3 rings (SSSR count). The molecule has 1 unspecified atom stereocenters. The maximum absolute atomic E-state index is 12.0. The van der Waals surface area contributed by atoms with Gasteiger partial charge >= 0.3 is 5.97 Å². The molecule has 2 aliphatic rings. The van der Waals surface area contributed by atoms with Gasteiger partial charge in [-0.2, -0.15) is 0 Å². The van der Waals surface area contributed by atoms with Gasteiger partial charge in [0.2, 0.25) is 0 Å². The van der Waals surface area contributed by atoms with Gasteiger partial charge < -0.3 is 14.4 Å². The Morgan fingerprint density at radius 2 is 2.14 bits per heavy atom. The highest BCUT2D eigenvalue weighted by atomic mass is 32.1. The second kappa shape index (κ2) is 6.32. The first-order valence-corrected chi connectivity index (χ1v) is 8.48. The number of aromatic nitrogens is 1. The number of piperidine rings is 1. The summed E-state index contributed by atoms with van der Waals surface area (Å²) in [6.07, 6.45) is 4.26. The van der Waals surface area contributed by atoms with E-state index in [-0.39, 0.29) is 11.9 Å². The quantitative estimate of drug-likeness (QED) is 0.799. The third kappa shape index (κ3) is 2.92. The van der Waals surface area contributed by atoms with Gasteiger partial charge in [-0.05, 0) is 32.6 Å². The highest BCUT2D eigenvalue weighted by Gasteiger charge is 2.34. The molecule has 1 saturated heterocycles. The van der Waals surface area contributed by atoms with Crippen molar-refractivity contribution in [3.8, 4) is 0 Å². The number of anilines is 1. The maximum atomic E-state index is 12.0. The maximum Gasteiger partial charge on any atom is 0.315 e. The minimum absolute atomic E-state index is 0.119. The van der Waals surface area contributed by atoms with E-state index < -0.39 is 0 Å². The molecule has 21 heavy (non-hydrogen) atoms. The number of hydrogen-bond donors (Lipinski definition) is 0. The molecule has 0 amide bonds. The number of carbonyl (C=O) groups excluding carboxylic acids is 1. The molecule has 116 valence electrons. The van der Waals surface area contributed by atoms with Gasteiger partial charge in [0.15, 0.2) is 5.13 Å². The summed E-state index contributed by atoms with van der Waals surface area (Å²) in [7, 11) is 1.78. The molecule has 0 N–H and O–H groups in total. The topological polar surface area (TPSA) is 51.7 Å². The number of methoxy groups -OCH3 is 1. The van der Waals surface area contributed by atoms with Crippen LogP contribution in [0, 0.1) is 0 Å². The van der Waals surface area contributed by atoms with Crippen LogP contribution in [0.3, 0.4) is 0 Å². The van der Waals surface area contributed by atoms with Crippen molar-refractivity contribution in [1.29, 1.82) is 0 Å². The predicted octanol–water partition coefficient (Wildman–Crippen LogP) is 2.35. The number of hydrogen-bond acceptors (Lipinski definition) is 6. The summed E-state index contributed by atoms with van der Waals surface area (Å²) in [4.78, 5) is 20.3. The standard InChI is InChI=1S/C15H22N2O3S/c1-3-20-14(18)11-4-5-12-13(11)16-15(21-12)17-8-6-10(19-2)7-9-17/h10-11H,3-9H2,1-2H3. The molecular weight excluding hydrogens is 288 g/mol. The molecule has 1 atom stereocenters. The monoisotopic (exact) mass is 310 g/mol. The van der Waals surface area contributed by atoms with Crippen molar-refractivity contribution in [2.24, 2.45) is 0 Å². The van der Waals surface area contributed by atoms with Crippen LogP contribution in [0.5, 0.6) is 0 Å². The molecule has 0 radical (unpaired) electrons. The van der Waals surface area contributed by atoms with E-state index in [0.717, 1.165) is 49.6 Å². The Balaban J connectivity index is 1.70. The van der Waals surface area contributed by atoms with Gasteiger partial charge in [-0.1, -0.05) is 0 Å². The van der Waals surface area contributed by atoms with Crippen molar-refractivity contribution in [1.82, 2.24) is 4.98 Å². The second-order valence-electron chi connectivity index (χ2n) is 5.57. The highest BCUT2D eigenvalue weighted by Crippen LogP contribution is 2.40. The lowest BCUT2D eigenvalue weighted by Crippen LogP contribution is -2.36. The minimum Gasteiger partial charge on any atom is -0.465 e. The second-order valence-corrected chi connectivity index (χ2v) is 6.63. The average molecular weight is 310 g/mol. The summed E-state index contributed by atoms with van der Waals surface area (Å²) in [6.45, 7) is 4.25. The van der Waals surface area contributed by atoms with Crippen molar-refractivity contribution in [3.63, 3.8) is 0 Å². The van der Waals surface area contributed by atoms with Gasteiger partial charge in [-0.25, -0.2) is 4.98 Å². The molecule has 1 aliphatic carbocycles. The Morgan fingerprint density at radius 1 is 1.38 bits per heavy atom. The van der Waals surface area contributed by atoms with E-state index in [2.05, 4.69) is 4.90 Å². The molecular formula is C15H22N2O3S. The molecule has 1 aromatic rings. The predicted molar refractivity (Wildman–Crippen MR) is 82.1 cm³/mol. The number of carbonyl (C=O) groups is 1. The number of fused-ring (bicyclic) bond motifs is 1. The normalized spacial score (nSPS) is 22.4. The lowest BCUT2D eigenvalue weighted by molar-refractivity contribution is -0.145. The van der Waals surface area contributed by atoms with Crippen LogP contribution in [0.15, 0.2) is 0 Å². The van der Waals surface area contributed by atoms with Crippen LogP contribution in [0.1, 0.15) is 42.7 Å². The lowest BCUT2D eigenvalue weighted by atomic mass is 10.1. The molecule has 1 aliphatic heterocycles. The van der Waals surface area contributed by atoms with E-state index >= 15 is 0 Å². The molecule has 6 heteroatoms. The first-order chi connectivity index (χ1) is 10.2. The molecule has 2 heterocycles. The zero-order valence-electron chi connectivity index (χ0n) is 12.6. The third-order valence-corrected chi connectivity index (χ3v) is 5.52. The first-order valence-electron chi connectivity index (χ1n) is 7.67. The Hall–Kier alpha value is -1.14. The fourth-order valence-corrected chi connectivity index (χ4v) is 4.29. The first kappa shape index (κ1) is 14.8. The summed E-state index contributed by atoms with van der Waals surface area (Å²) >= 11 is 1.74. The fraction of sp³-hybridized carbons (Fsp3) is 0.733. The molecule has 0 spiro atoms. The fourth-order valence-electron chi connectivity index (χ4n) is 3.10. The van der Waals surface area contributed by atoms with Crippen LogP contribution in [0.4, 0.5) is 5.13 Å². The van der Waals surface area contributed by atoms with Gasteiger partial charge in [0.25, 0.3) is 0 Å². The zero-order valence-corrected chi connectivity index (χ0v) is 13.4. The van der Waals surface area contributed by atoms with Crippen molar-refractivity contribution in [2.45, 2.75) is 44.6 Å². The van der Waals surface area contributed by atoms with Crippen LogP contribution in [0.2, 0.25) is 0 Å². The number of esters is 1. The zero-order chi connectivity index (χ0) is 14.8. The smallest absolute Gasteiger partial charge is 0.315 e. The summed E-state index contributed by atoms with van der Waals surface area (Å²) in [5, 5.41) is 1.06. The van der Waals surface area contributed by atoms with E-state index in [4.69, 9.17) is 14.5 Å². The van der Waals surface area contributed by atoms with Crippen molar-refractivity contribution < 1.29 is 14.3 Å². The SMILES string of the molecule is CCOC(=O)C1CCc2sc(N3CCC(OC)CC3)nc21. The number of nitrogens with zero attached hydrogens (tertiary/aromatic N) is 2. The molecule has 1 fully saturated rings. The van der Waals surface area contributed by atoms with Crippen molar-refractivity contribution in [2.75, 3.05) is 31.7 Å². The van der Waals surface area contributed by atoms with Gasteiger partial charge in [0.1, 0.15) is 5.92 Å². The van der Waals surface area contributed by atoms with Gasteiger partial charge in [-0.3, -0.25) is 4.79 Å². The van der Waals surface area contributed by atoms with Gasteiger partial charge in [0.05, 0.1) is 18.4 Å². The Bertz CT molecular complexity index is 509. The molecule has 0 aromatic carbocycles. The van der Waals surface area contributed by atoms with E-state index in [0.29, 0.717) is 12.7 Å². The Labute approximate surface area is 129 Å². The third-order valence-electron chi connectivity index (χ3n) is 4.32. The van der Waals surface area contributed by atoms with E-state index in [1.54, 1.807) is 18.4 Å². The summed E-state index contributed by atoms with van der Waals surface area (Å²) in [5.41, 5.74) is 0.960. The van der Waals surface area contributed by atoms with Gasteiger partial charge in [-0.15, -0.1) is 11.3 Å². The minimum atomic E-state index is -0.151. The summed E-state index contributed by atoms with van der Waals surface area (Å²) in [5.74, 6) is -0.271. The summed E-state index contributed by atoms with van der Waals surface area (Å²) < 4.78 is 10.6. The van der Waals surface area contributed by atoms with Crippen LogP contribution in [0.25, 0.3) is 0 Å². The Kier molecular flexibility index (Phi) is 4.45.